The minimum atomic E-state index is -0.543. The van der Waals surface area contributed by atoms with Gasteiger partial charge in [-0.1, -0.05) is 0 Å². The Morgan fingerprint density at radius 2 is 2.30 bits per heavy atom. The molecule has 1 aliphatic rings. The van der Waals surface area contributed by atoms with Crippen LogP contribution in [0.2, 0.25) is 0 Å². The summed E-state index contributed by atoms with van der Waals surface area (Å²) in [6.45, 7) is 5.19. The van der Waals surface area contributed by atoms with Gasteiger partial charge in [-0.25, -0.2) is 4.39 Å². The molecule has 110 valence electrons. The lowest BCUT2D eigenvalue weighted by molar-refractivity contribution is -0.0630. The molecule has 0 saturated carbocycles. The van der Waals surface area contributed by atoms with Crippen LogP contribution in [0.5, 0.6) is 0 Å². The van der Waals surface area contributed by atoms with Crippen LogP contribution in [0, 0.1) is 5.82 Å². The Bertz CT molecular complexity index is 503. The number of nitrogens with one attached hydrogen (secondary N) is 1. The highest BCUT2D eigenvalue weighted by Gasteiger charge is 2.28. The molecule has 1 amide bonds. The maximum Gasteiger partial charge on any atom is 0.248 e. The molecule has 0 aromatic heterocycles. The van der Waals surface area contributed by atoms with Crippen LogP contribution in [0.3, 0.4) is 0 Å². The Balaban J connectivity index is 2.00. The maximum absolute atomic E-state index is 13.7. The minimum absolute atomic E-state index is 0.149. The highest BCUT2D eigenvalue weighted by atomic mass is 19.1. The number of nitrogens with two attached hydrogens (primary N) is 1. The number of amides is 1. The smallest absolute Gasteiger partial charge is 0.248 e. The Kier molecular flexibility index (Phi) is 4.40. The van der Waals surface area contributed by atoms with E-state index in [0.717, 1.165) is 12.8 Å². The van der Waals surface area contributed by atoms with E-state index in [-0.39, 0.29) is 17.5 Å². The van der Waals surface area contributed by atoms with E-state index < -0.39 is 5.91 Å². The Hall–Kier alpha value is -1.46. The molecule has 0 spiro atoms. The third kappa shape index (κ3) is 3.77. The normalized spacial score (nSPS) is 21.6. The zero-order valence-electron chi connectivity index (χ0n) is 11.9. The van der Waals surface area contributed by atoms with Crippen LogP contribution >= 0.6 is 0 Å². The molecular formula is C15H21FN2O2. The topological polar surface area (TPSA) is 64.3 Å². The van der Waals surface area contributed by atoms with Crippen LogP contribution in [0.25, 0.3) is 0 Å². The van der Waals surface area contributed by atoms with Gasteiger partial charge >= 0.3 is 0 Å². The summed E-state index contributed by atoms with van der Waals surface area (Å²) in [5.41, 5.74) is 5.85. The second-order valence-corrected chi connectivity index (χ2v) is 5.85. The molecule has 1 aliphatic heterocycles. The quantitative estimate of drug-likeness (QED) is 0.886. The van der Waals surface area contributed by atoms with E-state index in [9.17, 15) is 9.18 Å². The molecule has 1 aromatic rings. The van der Waals surface area contributed by atoms with Gasteiger partial charge in [-0.3, -0.25) is 4.79 Å². The first-order chi connectivity index (χ1) is 9.37. The van der Waals surface area contributed by atoms with Crippen molar-refractivity contribution in [1.29, 1.82) is 0 Å². The molecule has 1 atom stereocenters. The van der Waals surface area contributed by atoms with Crippen LogP contribution in [-0.4, -0.2) is 24.2 Å². The second kappa shape index (κ2) is 5.89. The number of ether oxygens (including phenoxy) is 1. The monoisotopic (exact) mass is 280 g/mol. The van der Waals surface area contributed by atoms with Crippen LogP contribution in [-0.2, 0) is 11.3 Å². The summed E-state index contributed by atoms with van der Waals surface area (Å²) < 4.78 is 19.4. The van der Waals surface area contributed by atoms with Gasteiger partial charge in [0.15, 0.2) is 0 Å². The van der Waals surface area contributed by atoms with Gasteiger partial charge in [-0.15, -0.1) is 0 Å². The summed E-state index contributed by atoms with van der Waals surface area (Å²) in [5.74, 6) is -0.868. The van der Waals surface area contributed by atoms with Crippen LogP contribution < -0.4 is 11.1 Å². The first kappa shape index (κ1) is 14.9. The van der Waals surface area contributed by atoms with Crippen LogP contribution in [0.15, 0.2) is 18.2 Å². The molecule has 0 aliphatic carbocycles. The van der Waals surface area contributed by atoms with E-state index in [4.69, 9.17) is 10.5 Å². The number of primary amides is 1. The summed E-state index contributed by atoms with van der Waals surface area (Å²) in [5, 5.41) is 3.33. The second-order valence-electron chi connectivity index (χ2n) is 5.85. The largest absolute Gasteiger partial charge is 0.375 e. The van der Waals surface area contributed by atoms with Gasteiger partial charge in [-0.05, 0) is 44.9 Å². The number of halogens is 1. The lowest BCUT2D eigenvalue weighted by Gasteiger charge is -2.36. The fraction of sp³-hybridized carbons (Fsp3) is 0.533. The lowest BCUT2D eigenvalue weighted by Crippen LogP contribution is -2.43. The molecule has 0 radical (unpaired) electrons. The van der Waals surface area contributed by atoms with Gasteiger partial charge in [0.05, 0.1) is 5.60 Å². The SMILES string of the molecule is CC1(C)CC(NCc2cc(C(N)=O)ccc2F)CCO1. The predicted octanol–water partition coefficient (Wildman–Crippen LogP) is 1.97. The first-order valence-electron chi connectivity index (χ1n) is 6.83. The first-order valence-corrected chi connectivity index (χ1v) is 6.83. The Labute approximate surface area is 118 Å². The van der Waals surface area contributed by atoms with Crippen LogP contribution in [0.4, 0.5) is 4.39 Å². The van der Waals surface area contributed by atoms with Crippen molar-refractivity contribution in [3.63, 3.8) is 0 Å². The van der Waals surface area contributed by atoms with E-state index in [1.165, 1.54) is 18.2 Å². The molecule has 1 heterocycles. The van der Waals surface area contributed by atoms with E-state index in [2.05, 4.69) is 19.2 Å². The Morgan fingerprint density at radius 1 is 1.55 bits per heavy atom. The fourth-order valence-corrected chi connectivity index (χ4v) is 2.52. The van der Waals surface area contributed by atoms with Crippen molar-refractivity contribution in [3.8, 4) is 0 Å². The van der Waals surface area contributed by atoms with Gasteiger partial charge in [-0.2, -0.15) is 0 Å². The average molecular weight is 280 g/mol. The van der Waals surface area contributed by atoms with E-state index in [1.807, 2.05) is 0 Å². The molecule has 1 aromatic carbocycles. The van der Waals surface area contributed by atoms with Gasteiger partial charge in [0.2, 0.25) is 5.91 Å². The van der Waals surface area contributed by atoms with Gasteiger partial charge in [0, 0.05) is 30.3 Å². The van der Waals surface area contributed by atoms with Crippen molar-refractivity contribution in [2.24, 2.45) is 5.73 Å². The van der Waals surface area contributed by atoms with Crippen LogP contribution in [0.1, 0.15) is 42.6 Å². The predicted molar refractivity (Wildman–Crippen MR) is 74.8 cm³/mol. The van der Waals surface area contributed by atoms with E-state index >= 15 is 0 Å². The van der Waals surface area contributed by atoms with Gasteiger partial charge in [0.25, 0.3) is 0 Å². The van der Waals surface area contributed by atoms with Crippen molar-refractivity contribution in [3.05, 3.63) is 35.1 Å². The minimum Gasteiger partial charge on any atom is -0.375 e. The molecule has 1 saturated heterocycles. The molecule has 4 nitrogen and oxygen atoms in total. The number of carbonyl (C=O) groups is 1. The summed E-state index contributed by atoms with van der Waals surface area (Å²) in [4.78, 5) is 11.1. The molecule has 1 unspecified atom stereocenters. The molecule has 2 rings (SSSR count). The number of hydrogen-bond donors (Lipinski definition) is 2. The van der Waals surface area contributed by atoms with Crippen molar-refractivity contribution in [2.45, 2.75) is 44.9 Å². The highest BCUT2D eigenvalue weighted by Crippen LogP contribution is 2.24. The third-order valence-electron chi connectivity index (χ3n) is 3.61. The highest BCUT2D eigenvalue weighted by molar-refractivity contribution is 5.92. The number of rotatable bonds is 4. The summed E-state index contributed by atoms with van der Waals surface area (Å²) in [7, 11) is 0. The zero-order valence-corrected chi connectivity index (χ0v) is 11.9. The van der Waals surface area contributed by atoms with E-state index in [0.29, 0.717) is 24.3 Å². The summed E-state index contributed by atoms with van der Waals surface area (Å²) in [6.07, 6.45) is 1.78. The molecule has 1 fully saturated rings. The summed E-state index contributed by atoms with van der Waals surface area (Å²) >= 11 is 0. The van der Waals surface area contributed by atoms with Gasteiger partial charge < -0.3 is 15.8 Å². The van der Waals surface area contributed by atoms with Crippen molar-refractivity contribution in [2.75, 3.05) is 6.61 Å². The van der Waals surface area contributed by atoms with Crippen molar-refractivity contribution in [1.82, 2.24) is 5.32 Å². The molecule has 0 bridgehead atoms. The molecule has 20 heavy (non-hydrogen) atoms. The summed E-state index contributed by atoms with van der Waals surface area (Å²) in [6, 6.07) is 4.48. The fourth-order valence-electron chi connectivity index (χ4n) is 2.52. The zero-order chi connectivity index (χ0) is 14.8. The van der Waals surface area contributed by atoms with Crippen molar-refractivity contribution >= 4 is 5.91 Å². The average Bonchev–Trinajstić information content (AvgIpc) is 2.36. The van der Waals surface area contributed by atoms with E-state index in [1.54, 1.807) is 0 Å². The number of hydrogen-bond acceptors (Lipinski definition) is 3. The number of benzene rings is 1. The van der Waals surface area contributed by atoms with Crippen molar-refractivity contribution < 1.29 is 13.9 Å². The lowest BCUT2D eigenvalue weighted by atomic mass is 9.94. The maximum atomic E-state index is 13.7. The molecular weight excluding hydrogens is 259 g/mol. The molecule has 5 heteroatoms. The third-order valence-corrected chi connectivity index (χ3v) is 3.61. The molecule has 3 N–H and O–H groups in total. The number of carbonyl (C=O) groups excluding carboxylic acids is 1. The Morgan fingerprint density at radius 3 is 2.95 bits per heavy atom. The van der Waals surface area contributed by atoms with Gasteiger partial charge in [0.1, 0.15) is 5.82 Å². The standard InChI is InChI=1S/C15H21FN2O2/c1-15(2)8-12(5-6-20-15)18-9-11-7-10(14(17)19)3-4-13(11)16/h3-4,7,12,18H,5-6,8-9H2,1-2H3,(H2,17,19).